The van der Waals surface area contributed by atoms with Crippen molar-refractivity contribution in [1.82, 2.24) is 4.90 Å². The van der Waals surface area contributed by atoms with Crippen molar-refractivity contribution in [2.75, 3.05) is 42.9 Å². The molecule has 0 spiro atoms. The lowest BCUT2D eigenvalue weighted by atomic mass is 10.2. The van der Waals surface area contributed by atoms with Crippen LogP contribution in [0.25, 0.3) is 0 Å². The molecule has 0 bridgehead atoms. The summed E-state index contributed by atoms with van der Waals surface area (Å²) in [7, 11) is 0. The molecule has 1 amide bonds. The van der Waals surface area contributed by atoms with Crippen LogP contribution in [0.15, 0.2) is 42.5 Å². The summed E-state index contributed by atoms with van der Waals surface area (Å²) in [6.45, 7) is 3.49. The van der Waals surface area contributed by atoms with E-state index in [1.165, 1.54) is 0 Å². The fraction of sp³-hybridized carbons (Fsp3) is 0.263. The first-order valence-corrected chi connectivity index (χ1v) is 9.03. The van der Waals surface area contributed by atoms with Gasteiger partial charge in [0.15, 0.2) is 0 Å². The van der Waals surface area contributed by atoms with Crippen molar-refractivity contribution in [3.05, 3.63) is 58.1 Å². The fourth-order valence-corrected chi connectivity index (χ4v) is 3.30. The second-order valence-electron chi connectivity index (χ2n) is 6.09. The molecule has 26 heavy (non-hydrogen) atoms. The monoisotopic (exact) mass is 388 g/mol. The zero-order chi connectivity index (χ0) is 18.5. The molecule has 1 fully saturated rings. The minimum absolute atomic E-state index is 0.153. The van der Waals surface area contributed by atoms with E-state index in [4.69, 9.17) is 28.5 Å². The number of piperazine rings is 1. The molecular formula is C19H18Cl2N4O. The number of hydrogen-bond donors (Lipinski definition) is 1. The van der Waals surface area contributed by atoms with Crippen molar-refractivity contribution in [2.24, 2.45) is 0 Å². The smallest absolute Gasteiger partial charge is 0.238 e. The molecule has 0 radical (unpaired) electrons. The molecule has 0 saturated carbocycles. The van der Waals surface area contributed by atoms with Gasteiger partial charge in [-0.15, -0.1) is 0 Å². The van der Waals surface area contributed by atoms with E-state index in [-0.39, 0.29) is 12.5 Å². The van der Waals surface area contributed by atoms with E-state index < -0.39 is 0 Å². The van der Waals surface area contributed by atoms with Crippen LogP contribution in [0.4, 0.5) is 11.4 Å². The summed E-state index contributed by atoms with van der Waals surface area (Å²) in [5, 5.41) is 13.1. The predicted octanol–water partition coefficient (Wildman–Crippen LogP) is 3.63. The van der Waals surface area contributed by atoms with Gasteiger partial charge in [-0.25, -0.2) is 0 Å². The van der Waals surface area contributed by atoms with Crippen LogP contribution in [0.2, 0.25) is 10.0 Å². The Kier molecular flexibility index (Phi) is 6.00. The summed E-state index contributed by atoms with van der Waals surface area (Å²) >= 11 is 12.0. The number of carbonyl (C=O) groups excluding carboxylic acids is 1. The average Bonchev–Trinajstić information content (AvgIpc) is 2.62. The van der Waals surface area contributed by atoms with Crippen LogP contribution in [0.5, 0.6) is 0 Å². The molecular weight excluding hydrogens is 371 g/mol. The molecule has 5 nitrogen and oxygen atoms in total. The van der Waals surface area contributed by atoms with E-state index in [1.54, 1.807) is 18.2 Å². The maximum Gasteiger partial charge on any atom is 0.238 e. The lowest BCUT2D eigenvalue weighted by Gasteiger charge is -2.35. The summed E-state index contributed by atoms with van der Waals surface area (Å²) < 4.78 is 0. The van der Waals surface area contributed by atoms with Crippen molar-refractivity contribution in [2.45, 2.75) is 0 Å². The van der Waals surface area contributed by atoms with Crippen molar-refractivity contribution in [3.63, 3.8) is 0 Å². The van der Waals surface area contributed by atoms with E-state index in [1.807, 2.05) is 24.3 Å². The molecule has 3 rings (SSSR count). The van der Waals surface area contributed by atoms with Crippen molar-refractivity contribution in [1.29, 1.82) is 5.26 Å². The number of benzene rings is 2. The number of anilines is 2. The second kappa shape index (κ2) is 8.41. The normalized spacial score (nSPS) is 14.7. The Labute approximate surface area is 162 Å². The summed E-state index contributed by atoms with van der Waals surface area (Å²) in [5.41, 5.74) is 1.94. The van der Waals surface area contributed by atoms with Gasteiger partial charge >= 0.3 is 0 Å². The maximum absolute atomic E-state index is 12.3. The van der Waals surface area contributed by atoms with Crippen molar-refractivity contribution in [3.8, 4) is 6.07 Å². The zero-order valence-corrected chi connectivity index (χ0v) is 15.6. The highest BCUT2D eigenvalue weighted by atomic mass is 35.5. The molecule has 7 heteroatoms. The predicted molar refractivity (Wildman–Crippen MR) is 105 cm³/mol. The van der Waals surface area contributed by atoms with Crippen LogP contribution in [0, 0.1) is 11.3 Å². The largest absolute Gasteiger partial charge is 0.369 e. The number of nitrogens with zero attached hydrogens (tertiary/aromatic N) is 3. The van der Waals surface area contributed by atoms with Gasteiger partial charge in [-0.2, -0.15) is 5.26 Å². The Hall–Kier alpha value is -2.26. The van der Waals surface area contributed by atoms with E-state index >= 15 is 0 Å². The van der Waals surface area contributed by atoms with Gasteiger partial charge in [0.2, 0.25) is 5.91 Å². The first-order valence-electron chi connectivity index (χ1n) is 8.27. The molecule has 0 aliphatic carbocycles. The van der Waals surface area contributed by atoms with Gasteiger partial charge in [0, 0.05) is 41.9 Å². The quantitative estimate of drug-likeness (QED) is 0.868. The highest BCUT2D eigenvalue weighted by Gasteiger charge is 2.20. The summed E-state index contributed by atoms with van der Waals surface area (Å²) in [5.74, 6) is -0.153. The molecule has 0 unspecified atom stereocenters. The Bertz CT molecular complexity index is 842. The third kappa shape index (κ3) is 4.67. The van der Waals surface area contributed by atoms with Crippen LogP contribution < -0.4 is 10.2 Å². The molecule has 1 saturated heterocycles. The van der Waals surface area contributed by atoms with Gasteiger partial charge in [0.25, 0.3) is 0 Å². The number of hydrogen-bond acceptors (Lipinski definition) is 4. The topological polar surface area (TPSA) is 59.4 Å². The summed E-state index contributed by atoms with van der Waals surface area (Å²) in [4.78, 5) is 16.7. The second-order valence-corrected chi connectivity index (χ2v) is 6.97. The number of halogens is 2. The van der Waals surface area contributed by atoms with Crippen LogP contribution >= 0.6 is 23.2 Å². The number of nitrogens with one attached hydrogen (secondary N) is 1. The fourth-order valence-electron chi connectivity index (χ4n) is 2.95. The van der Waals surface area contributed by atoms with E-state index in [0.29, 0.717) is 16.3 Å². The first kappa shape index (κ1) is 18.5. The third-order valence-corrected chi connectivity index (χ3v) is 4.76. The van der Waals surface area contributed by atoms with Gasteiger partial charge in [-0.1, -0.05) is 29.3 Å². The molecule has 1 heterocycles. The average molecular weight is 389 g/mol. The lowest BCUT2D eigenvalue weighted by Crippen LogP contribution is -2.48. The molecule has 1 N–H and O–H groups in total. The number of amides is 1. The number of rotatable bonds is 4. The van der Waals surface area contributed by atoms with E-state index in [2.05, 4.69) is 21.2 Å². The highest BCUT2D eigenvalue weighted by molar-refractivity contribution is 6.31. The van der Waals surface area contributed by atoms with Gasteiger partial charge in [-0.3, -0.25) is 9.69 Å². The Morgan fingerprint density at radius 1 is 1.08 bits per heavy atom. The van der Waals surface area contributed by atoms with Crippen LogP contribution in [-0.2, 0) is 4.79 Å². The minimum Gasteiger partial charge on any atom is -0.369 e. The number of nitriles is 1. The first-order chi connectivity index (χ1) is 12.5. The minimum atomic E-state index is -0.153. The van der Waals surface area contributed by atoms with E-state index in [0.717, 1.165) is 36.9 Å². The molecule has 0 aromatic heterocycles. The molecule has 2 aromatic carbocycles. The maximum atomic E-state index is 12.3. The van der Waals surface area contributed by atoms with Gasteiger partial charge in [-0.05, 0) is 36.4 Å². The van der Waals surface area contributed by atoms with Crippen molar-refractivity contribution >= 4 is 40.5 Å². The van der Waals surface area contributed by atoms with Crippen LogP contribution in [0.1, 0.15) is 5.56 Å². The van der Waals surface area contributed by atoms with Gasteiger partial charge < -0.3 is 10.2 Å². The molecule has 1 aliphatic heterocycles. The van der Waals surface area contributed by atoms with E-state index in [9.17, 15) is 4.79 Å². The Balaban J connectivity index is 1.54. The van der Waals surface area contributed by atoms with Crippen molar-refractivity contribution < 1.29 is 4.79 Å². The van der Waals surface area contributed by atoms with Crippen LogP contribution in [-0.4, -0.2) is 43.5 Å². The molecule has 0 atom stereocenters. The Morgan fingerprint density at radius 2 is 1.81 bits per heavy atom. The molecule has 2 aromatic rings. The van der Waals surface area contributed by atoms with Gasteiger partial charge in [0.1, 0.15) is 6.07 Å². The lowest BCUT2D eigenvalue weighted by molar-refractivity contribution is -0.117. The summed E-state index contributed by atoms with van der Waals surface area (Å²) in [6.07, 6.45) is 0. The standard InChI is InChI=1S/C19H18Cl2N4O/c20-15-2-1-3-17(10-15)25-8-6-24(7-9-25)13-19(26)23-18-11-16(21)5-4-14(18)12-22/h1-5,10-11H,6-9,13H2,(H,23,26). The van der Waals surface area contributed by atoms with Crippen LogP contribution in [0.3, 0.4) is 0 Å². The third-order valence-electron chi connectivity index (χ3n) is 4.29. The molecule has 1 aliphatic rings. The molecule has 134 valence electrons. The SMILES string of the molecule is N#Cc1ccc(Cl)cc1NC(=O)CN1CCN(c2cccc(Cl)c2)CC1. The van der Waals surface area contributed by atoms with Gasteiger partial charge in [0.05, 0.1) is 17.8 Å². The number of carbonyl (C=O) groups is 1. The Morgan fingerprint density at radius 3 is 2.50 bits per heavy atom. The zero-order valence-electron chi connectivity index (χ0n) is 14.1. The highest BCUT2D eigenvalue weighted by Crippen LogP contribution is 2.22. The summed E-state index contributed by atoms with van der Waals surface area (Å²) in [6, 6.07) is 14.7.